The van der Waals surface area contributed by atoms with E-state index in [1.165, 1.54) is 25.4 Å². The number of hydrogen-bond donors (Lipinski definition) is 2. The van der Waals surface area contributed by atoms with Crippen molar-refractivity contribution in [2.24, 2.45) is 5.92 Å². The fraction of sp³-hybridized carbons (Fsp3) is 0.368. The summed E-state index contributed by atoms with van der Waals surface area (Å²) in [5.74, 6) is -3.16. The first-order valence-electron chi connectivity index (χ1n) is 8.98. The zero-order valence-corrected chi connectivity index (χ0v) is 16.8. The van der Waals surface area contributed by atoms with Gasteiger partial charge in [-0.05, 0) is 18.2 Å². The maximum absolute atomic E-state index is 14.1. The highest BCUT2D eigenvalue weighted by atomic mass is 19.4. The molecule has 2 rings (SSSR count). The van der Waals surface area contributed by atoms with Crippen molar-refractivity contribution < 1.29 is 36.6 Å². The van der Waals surface area contributed by atoms with Gasteiger partial charge in [0.05, 0.1) is 7.11 Å². The lowest BCUT2D eigenvalue weighted by Crippen LogP contribution is -2.24. The molecule has 0 fully saturated rings. The largest absolute Gasteiger partial charge is 0.481 e. The average Bonchev–Trinajstić information content (AvgIpc) is 2.70. The summed E-state index contributed by atoms with van der Waals surface area (Å²) in [6.07, 6.45) is -3.33. The Balaban J connectivity index is 2.09. The molecule has 0 saturated carbocycles. The van der Waals surface area contributed by atoms with Crippen LogP contribution in [0.4, 0.5) is 23.4 Å². The number of carbonyl (C=O) groups is 2. The van der Waals surface area contributed by atoms with Crippen LogP contribution in [0.1, 0.15) is 29.8 Å². The van der Waals surface area contributed by atoms with Gasteiger partial charge in [-0.25, -0.2) is 9.37 Å². The van der Waals surface area contributed by atoms with Gasteiger partial charge < -0.3 is 20.1 Å². The second-order valence-corrected chi connectivity index (χ2v) is 6.60. The molecule has 0 aliphatic carbocycles. The molecule has 0 aliphatic rings. The Hall–Kier alpha value is -3.44. The highest BCUT2D eigenvalue weighted by Crippen LogP contribution is 2.25. The van der Waals surface area contributed by atoms with Gasteiger partial charge in [0.15, 0.2) is 12.4 Å². The third-order valence-corrected chi connectivity index (χ3v) is 3.79. The quantitative estimate of drug-likeness (QED) is 0.607. The lowest BCUT2D eigenvalue weighted by Gasteiger charge is -2.13. The van der Waals surface area contributed by atoms with Crippen LogP contribution < -0.4 is 20.1 Å². The van der Waals surface area contributed by atoms with Crippen LogP contribution in [0.3, 0.4) is 0 Å². The van der Waals surface area contributed by atoms with Gasteiger partial charge in [0.25, 0.3) is 11.8 Å². The number of nitrogens with zero attached hydrogens (tertiary/aromatic N) is 2. The number of methoxy groups -OCH3 is 1. The van der Waals surface area contributed by atoms with E-state index >= 15 is 0 Å². The maximum atomic E-state index is 14.1. The first-order chi connectivity index (χ1) is 14.5. The number of nitrogens with one attached hydrogen (secondary N) is 2. The number of anilines is 1. The first kappa shape index (κ1) is 23.8. The molecule has 12 heteroatoms. The van der Waals surface area contributed by atoms with Gasteiger partial charge in [-0.2, -0.15) is 18.2 Å². The predicted molar refractivity (Wildman–Crippen MR) is 101 cm³/mol. The number of halogens is 4. The summed E-state index contributed by atoms with van der Waals surface area (Å²) >= 11 is 0. The van der Waals surface area contributed by atoms with Crippen LogP contribution in [0.25, 0.3) is 0 Å². The van der Waals surface area contributed by atoms with E-state index in [1.807, 2.05) is 0 Å². The molecule has 0 aliphatic heterocycles. The second kappa shape index (κ2) is 10.0. The average molecular weight is 444 g/mol. The Labute approximate surface area is 175 Å². The molecule has 2 aromatic heterocycles. The van der Waals surface area contributed by atoms with Crippen LogP contribution in [0, 0.1) is 11.7 Å². The van der Waals surface area contributed by atoms with E-state index in [9.17, 15) is 27.2 Å². The monoisotopic (exact) mass is 444 g/mol. The van der Waals surface area contributed by atoms with Crippen molar-refractivity contribution in [3.63, 3.8) is 0 Å². The summed E-state index contributed by atoms with van der Waals surface area (Å²) in [5.41, 5.74) is 0.252. The van der Waals surface area contributed by atoms with Crippen LogP contribution in [-0.2, 0) is 11.3 Å². The smallest absolute Gasteiger partial charge is 0.422 e. The summed E-state index contributed by atoms with van der Waals surface area (Å²) in [6.45, 7) is 1.45. The Morgan fingerprint density at radius 1 is 1.19 bits per heavy atom. The van der Waals surface area contributed by atoms with E-state index in [-0.39, 0.29) is 41.2 Å². The van der Waals surface area contributed by atoms with Gasteiger partial charge in [0.1, 0.15) is 5.82 Å². The molecule has 168 valence electrons. The summed E-state index contributed by atoms with van der Waals surface area (Å²) in [5, 5.41) is 5.07. The number of amides is 2. The molecule has 2 heterocycles. The van der Waals surface area contributed by atoms with Crippen molar-refractivity contribution in [2.45, 2.75) is 26.6 Å². The first-order valence-corrected chi connectivity index (χ1v) is 8.98. The summed E-state index contributed by atoms with van der Waals surface area (Å²) < 4.78 is 60.1. The molecule has 2 aromatic rings. The lowest BCUT2D eigenvalue weighted by molar-refractivity contribution is -0.154. The highest BCUT2D eigenvalue weighted by Gasteiger charge is 2.29. The number of alkyl halides is 3. The number of aromatic nitrogens is 2. The predicted octanol–water partition coefficient (Wildman–Crippen LogP) is 3.09. The summed E-state index contributed by atoms with van der Waals surface area (Å²) in [6, 6.07) is 3.63. The van der Waals surface area contributed by atoms with E-state index in [0.29, 0.717) is 0 Å². The van der Waals surface area contributed by atoms with Crippen LogP contribution in [0.5, 0.6) is 11.8 Å². The SMILES string of the molecule is COc1nc(OCC(F)(F)F)c(F)cc1CNC(=O)c1ccnc(NC(=O)C(C)C)c1. The van der Waals surface area contributed by atoms with Crippen molar-refractivity contribution in [3.05, 3.63) is 41.3 Å². The highest BCUT2D eigenvalue weighted by molar-refractivity contribution is 5.96. The Morgan fingerprint density at radius 2 is 1.90 bits per heavy atom. The van der Waals surface area contributed by atoms with Crippen LogP contribution in [0.2, 0.25) is 0 Å². The Morgan fingerprint density at radius 3 is 2.52 bits per heavy atom. The van der Waals surface area contributed by atoms with E-state index in [0.717, 1.165) is 6.07 Å². The zero-order chi connectivity index (χ0) is 23.2. The molecule has 0 radical (unpaired) electrons. The van der Waals surface area contributed by atoms with Crippen molar-refractivity contribution >= 4 is 17.6 Å². The minimum Gasteiger partial charge on any atom is -0.481 e. The Bertz CT molecular complexity index is 951. The molecule has 0 atom stereocenters. The fourth-order valence-electron chi connectivity index (χ4n) is 2.24. The number of rotatable bonds is 8. The van der Waals surface area contributed by atoms with Gasteiger partial charge >= 0.3 is 6.18 Å². The van der Waals surface area contributed by atoms with Crippen molar-refractivity contribution in [1.82, 2.24) is 15.3 Å². The van der Waals surface area contributed by atoms with Gasteiger partial charge in [-0.1, -0.05) is 13.8 Å². The number of carbonyl (C=O) groups excluding carboxylic acids is 2. The van der Waals surface area contributed by atoms with E-state index in [2.05, 4.69) is 25.3 Å². The van der Waals surface area contributed by atoms with E-state index < -0.39 is 30.4 Å². The van der Waals surface area contributed by atoms with Gasteiger partial charge in [-0.15, -0.1) is 0 Å². The molecule has 2 N–H and O–H groups in total. The molecule has 0 unspecified atom stereocenters. The zero-order valence-electron chi connectivity index (χ0n) is 16.8. The van der Waals surface area contributed by atoms with Gasteiger partial charge in [-0.3, -0.25) is 9.59 Å². The minimum atomic E-state index is -4.66. The van der Waals surface area contributed by atoms with Crippen LogP contribution in [-0.4, -0.2) is 41.7 Å². The fourth-order valence-corrected chi connectivity index (χ4v) is 2.24. The molecule has 0 bridgehead atoms. The standard InChI is InChI=1S/C19H20F4N4O4/c1-10(2)15(28)26-14-7-11(4-5-24-14)16(29)25-8-12-6-13(20)18(27-17(12)30-3)31-9-19(21,22)23/h4-7,10H,8-9H2,1-3H3,(H,25,29)(H,24,26,28). The molecule has 0 aromatic carbocycles. The molecule has 0 saturated heterocycles. The normalized spacial score (nSPS) is 11.2. The van der Waals surface area contributed by atoms with Crippen molar-refractivity contribution in [3.8, 4) is 11.8 Å². The van der Waals surface area contributed by atoms with Crippen molar-refractivity contribution in [1.29, 1.82) is 0 Å². The van der Waals surface area contributed by atoms with E-state index in [1.54, 1.807) is 13.8 Å². The number of pyridine rings is 2. The summed E-state index contributed by atoms with van der Waals surface area (Å²) in [4.78, 5) is 31.7. The number of hydrogen-bond acceptors (Lipinski definition) is 6. The minimum absolute atomic E-state index is 0.0788. The molecular formula is C19H20F4N4O4. The van der Waals surface area contributed by atoms with Crippen molar-refractivity contribution in [2.75, 3.05) is 19.0 Å². The van der Waals surface area contributed by atoms with Crippen LogP contribution >= 0.6 is 0 Å². The third-order valence-electron chi connectivity index (χ3n) is 3.79. The molecular weight excluding hydrogens is 424 g/mol. The third kappa shape index (κ3) is 7.08. The van der Waals surface area contributed by atoms with E-state index in [4.69, 9.17) is 4.74 Å². The van der Waals surface area contributed by atoms with Crippen LogP contribution in [0.15, 0.2) is 24.4 Å². The topological polar surface area (TPSA) is 102 Å². The lowest BCUT2D eigenvalue weighted by atomic mass is 10.2. The molecule has 8 nitrogen and oxygen atoms in total. The molecule has 0 spiro atoms. The van der Waals surface area contributed by atoms with Gasteiger partial charge in [0, 0.05) is 29.8 Å². The Kier molecular flexibility index (Phi) is 7.72. The maximum Gasteiger partial charge on any atom is 0.422 e. The van der Waals surface area contributed by atoms with Gasteiger partial charge in [0.2, 0.25) is 11.8 Å². The second-order valence-electron chi connectivity index (χ2n) is 6.60. The molecule has 31 heavy (non-hydrogen) atoms. The summed E-state index contributed by atoms with van der Waals surface area (Å²) in [7, 11) is 1.19. The number of ether oxygens (including phenoxy) is 2. The molecule has 2 amide bonds.